The molecule has 1 amide bonds. The van der Waals surface area contributed by atoms with Gasteiger partial charge in [0.25, 0.3) is 11.5 Å². The van der Waals surface area contributed by atoms with Gasteiger partial charge in [0.15, 0.2) is 11.6 Å². The van der Waals surface area contributed by atoms with Crippen LogP contribution in [0, 0.1) is 29.4 Å². The van der Waals surface area contributed by atoms with Crippen molar-refractivity contribution in [3.8, 4) is 17.6 Å². The summed E-state index contributed by atoms with van der Waals surface area (Å²) >= 11 is 0. The molecule has 1 fully saturated rings. The normalized spacial score (nSPS) is 15.2. The molecule has 0 radical (unpaired) electrons. The van der Waals surface area contributed by atoms with Gasteiger partial charge in [-0.05, 0) is 60.5 Å². The number of hydrogen-bond donors (Lipinski definition) is 2. The third-order valence-electron chi connectivity index (χ3n) is 6.83. The predicted molar refractivity (Wildman–Crippen MR) is 148 cm³/mol. The molecule has 1 aliphatic rings. The van der Waals surface area contributed by atoms with Crippen LogP contribution in [0.25, 0.3) is 10.9 Å². The number of pyridine rings is 2. The smallest absolute Gasteiger partial charge is 0.264 e. The number of fused-ring (bicyclic) bond motifs is 1. The summed E-state index contributed by atoms with van der Waals surface area (Å²) in [6.07, 6.45) is 4.04. The Bertz CT molecular complexity index is 1690. The number of carbonyl (C=O) groups is 1. The summed E-state index contributed by atoms with van der Waals surface area (Å²) in [6.45, 7) is 1.41. The summed E-state index contributed by atoms with van der Waals surface area (Å²) in [4.78, 5) is 30.2. The minimum atomic E-state index is -1.10. The lowest BCUT2D eigenvalue weighted by molar-refractivity contribution is 0.0956. The van der Waals surface area contributed by atoms with Crippen LogP contribution in [0.15, 0.2) is 71.8 Å². The first-order chi connectivity index (χ1) is 19.9. The fraction of sp³-hybridized carbons (Fsp3) is 0.258. The molecule has 5 rings (SSSR count). The highest BCUT2D eigenvalue weighted by Crippen LogP contribution is 2.26. The highest BCUT2D eigenvalue weighted by atomic mass is 19.2. The van der Waals surface area contributed by atoms with Crippen molar-refractivity contribution >= 4 is 16.8 Å². The minimum absolute atomic E-state index is 0.0319. The number of ether oxygens (including phenoxy) is 2. The van der Waals surface area contributed by atoms with E-state index in [0.717, 1.165) is 40.6 Å². The lowest BCUT2D eigenvalue weighted by Crippen LogP contribution is -2.35. The maximum absolute atomic E-state index is 13.7. The van der Waals surface area contributed by atoms with Crippen molar-refractivity contribution in [3.05, 3.63) is 106 Å². The molecular weight excluding hydrogens is 532 g/mol. The Morgan fingerprint density at radius 3 is 2.85 bits per heavy atom. The van der Waals surface area contributed by atoms with Gasteiger partial charge in [-0.15, -0.1) is 0 Å². The molecule has 2 unspecified atom stereocenters. The van der Waals surface area contributed by atoms with E-state index >= 15 is 0 Å². The van der Waals surface area contributed by atoms with Gasteiger partial charge in [0.2, 0.25) is 0 Å². The molecule has 4 aromatic rings. The first-order valence-electron chi connectivity index (χ1n) is 13.1. The number of carbonyl (C=O) groups excluding carboxylic acids is 1. The molecular formula is C31H27F2N3O5. The van der Waals surface area contributed by atoms with Gasteiger partial charge >= 0.3 is 0 Å². The summed E-state index contributed by atoms with van der Waals surface area (Å²) in [5.74, 6) is 4.15. The molecule has 0 spiro atoms. The van der Waals surface area contributed by atoms with Gasteiger partial charge in [-0.2, -0.15) is 0 Å². The van der Waals surface area contributed by atoms with E-state index in [2.05, 4.69) is 22.1 Å². The van der Waals surface area contributed by atoms with E-state index in [1.807, 2.05) is 24.3 Å². The lowest BCUT2D eigenvalue weighted by Gasteiger charge is -2.19. The predicted octanol–water partition coefficient (Wildman–Crippen LogP) is 3.45. The Balaban J connectivity index is 1.27. The summed E-state index contributed by atoms with van der Waals surface area (Å²) in [6, 6.07) is 12.3. The fourth-order valence-electron chi connectivity index (χ4n) is 4.61. The van der Waals surface area contributed by atoms with Gasteiger partial charge in [0.05, 0.1) is 37.9 Å². The summed E-state index contributed by atoms with van der Waals surface area (Å²) in [7, 11) is 0. The van der Waals surface area contributed by atoms with E-state index in [0.29, 0.717) is 30.4 Å². The first-order valence-corrected chi connectivity index (χ1v) is 13.1. The average molecular weight is 560 g/mol. The van der Waals surface area contributed by atoms with Gasteiger partial charge in [0.1, 0.15) is 11.3 Å². The van der Waals surface area contributed by atoms with Crippen molar-refractivity contribution < 1.29 is 28.2 Å². The summed E-state index contributed by atoms with van der Waals surface area (Å²) in [5.41, 5.74) is 0.785. The number of hydrogen-bond acceptors (Lipinski definition) is 6. The molecule has 8 nitrogen and oxygen atoms in total. The van der Waals surface area contributed by atoms with Crippen molar-refractivity contribution in [2.24, 2.45) is 5.92 Å². The monoisotopic (exact) mass is 559 g/mol. The number of halogens is 2. The highest BCUT2D eigenvalue weighted by molar-refractivity contribution is 5.94. The zero-order valence-electron chi connectivity index (χ0n) is 22.0. The van der Waals surface area contributed by atoms with Gasteiger partial charge < -0.3 is 24.5 Å². The number of aliphatic hydroxyl groups is 1. The molecule has 2 N–H and O–H groups in total. The van der Waals surface area contributed by atoms with Crippen molar-refractivity contribution in [2.75, 3.05) is 33.0 Å². The van der Waals surface area contributed by atoms with Gasteiger partial charge in [0, 0.05) is 35.9 Å². The first kappa shape index (κ1) is 28.0. The minimum Gasteiger partial charge on any atom is -0.492 e. The Morgan fingerprint density at radius 1 is 1.20 bits per heavy atom. The van der Waals surface area contributed by atoms with Gasteiger partial charge in [-0.1, -0.05) is 17.9 Å². The van der Waals surface area contributed by atoms with E-state index in [1.165, 1.54) is 24.4 Å². The molecule has 10 heteroatoms. The van der Waals surface area contributed by atoms with Crippen LogP contribution in [-0.4, -0.2) is 53.5 Å². The Morgan fingerprint density at radius 2 is 2.07 bits per heavy atom. The van der Waals surface area contributed by atoms with E-state index in [1.54, 1.807) is 6.20 Å². The number of aliphatic hydroxyl groups excluding tert-OH is 1. The SMILES string of the molecule is O=C(NCC#Cc1ccc2nccc(OCC3CCOC3)c2c1)c1cccn(C(CO)c2ccc(F)c(F)c2)c1=O. The third-order valence-corrected chi connectivity index (χ3v) is 6.83. The molecule has 0 aliphatic carbocycles. The number of benzene rings is 2. The van der Waals surface area contributed by atoms with Crippen LogP contribution < -0.4 is 15.6 Å². The van der Waals surface area contributed by atoms with E-state index < -0.39 is 35.7 Å². The molecule has 1 saturated heterocycles. The number of nitrogens with one attached hydrogen (secondary N) is 1. The van der Waals surface area contributed by atoms with Crippen molar-refractivity contribution in [3.63, 3.8) is 0 Å². The molecule has 0 bridgehead atoms. The van der Waals surface area contributed by atoms with E-state index in [4.69, 9.17) is 9.47 Å². The average Bonchev–Trinajstić information content (AvgIpc) is 3.51. The molecule has 2 aromatic heterocycles. The van der Waals surface area contributed by atoms with E-state index in [-0.39, 0.29) is 17.7 Å². The summed E-state index contributed by atoms with van der Waals surface area (Å²) < 4.78 is 39.7. The highest BCUT2D eigenvalue weighted by Gasteiger charge is 2.20. The zero-order valence-corrected chi connectivity index (χ0v) is 22.0. The Labute approximate surface area is 234 Å². The van der Waals surface area contributed by atoms with E-state index in [9.17, 15) is 23.5 Å². The van der Waals surface area contributed by atoms with Gasteiger partial charge in [-0.3, -0.25) is 14.6 Å². The van der Waals surface area contributed by atoms with Crippen LogP contribution >= 0.6 is 0 Å². The van der Waals surface area contributed by atoms with Crippen LogP contribution in [0.3, 0.4) is 0 Å². The van der Waals surface area contributed by atoms with Crippen LogP contribution in [0.5, 0.6) is 5.75 Å². The topological polar surface area (TPSA) is 103 Å². The molecule has 41 heavy (non-hydrogen) atoms. The number of amides is 1. The maximum atomic E-state index is 13.7. The number of nitrogens with zero attached hydrogens (tertiary/aromatic N) is 2. The zero-order chi connectivity index (χ0) is 28.8. The molecule has 3 heterocycles. The summed E-state index contributed by atoms with van der Waals surface area (Å²) in [5, 5.41) is 13.3. The van der Waals surface area contributed by atoms with Crippen LogP contribution in [0.1, 0.15) is 33.9 Å². The molecule has 210 valence electrons. The Kier molecular flexibility index (Phi) is 8.67. The standard InChI is InChI=1S/C31H27F2N3O5/c32-25-7-6-22(16-26(25)33)28(17-37)36-13-2-4-23(31(36)39)30(38)35-11-1-3-20-5-8-27-24(15-20)29(9-12-34-27)41-19-21-10-14-40-18-21/h2,4-9,12-13,15-16,21,28,37H,10-11,14,17-19H2,(H,35,38). The second-order valence-corrected chi connectivity index (χ2v) is 9.57. The van der Waals surface area contributed by atoms with Crippen molar-refractivity contribution in [1.82, 2.24) is 14.9 Å². The quantitative estimate of drug-likeness (QED) is 0.321. The Hall–Kier alpha value is -4.59. The second-order valence-electron chi connectivity index (χ2n) is 9.57. The maximum Gasteiger partial charge on any atom is 0.264 e. The molecule has 2 atom stereocenters. The van der Waals surface area contributed by atoms with Crippen molar-refractivity contribution in [1.29, 1.82) is 0 Å². The fourth-order valence-corrected chi connectivity index (χ4v) is 4.61. The van der Waals surface area contributed by atoms with Crippen molar-refractivity contribution in [2.45, 2.75) is 12.5 Å². The van der Waals surface area contributed by atoms with Crippen LogP contribution in [0.4, 0.5) is 8.78 Å². The third kappa shape index (κ3) is 6.43. The van der Waals surface area contributed by atoms with Crippen LogP contribution in [0.2, 0.25) is 0 Å². The lowest BCUT2D eigenvalue weighted by atomic mass is 10.1. The largest absolute Gasteiger partial charge is 0.492 e. The molecule has 1 aliphatic heterocycles. The second kappa shape index (κ2) is 12.7. The number of rotatable bonds is 8. The number of aromatic nitrogens is 2. The molecule has 0 saturated carbocycles. The van der Waals surface area contributed by atoms with Crippen LogP contribution in [-0.2, 0) is 4.74 Å². The molecule has 2 aromatic carbocycles. The van der Waals surface area contributed by atoms with Gasteiger partial charge in [-0.25, -0.2) is 8.78 Å².